The molecule has 4 unspecified atom stereocenters. The van der Waals surface area contributed by atoms with E-state index >= 15 is 0 Å². The largest absolute Gasteiger partial charge is 0.0649 e. The highest BCUT2D eigenvalue weighted by Crippen LogP contribution is 2.66. The summed E-state index contributed by atoms with van der Waals surface area (Å²) >= 11 is 0. The topological polar surface area (TPSA) is 0 Å². The number of hydrogen-bond donors (Lipinski definition) is 0. The average molecular weight is 138 g/mol. The van der Waals surface area contributed by atoms with E-state index in [9.17, 15) is 0 Å². The lowest BCUT2D eigenvalue weighted by Crippen LogP contribution is -2.15. The van der Waals surface area contributed by atoms with E-state index in [1.54, 1.807) is 0 Å². The predicted molar refractivity (Wildman–Crippen MR) is 43.8 cm³/mol. The number of fused-ring (bicyclic) bond motifs is 1. The molecule has 4 atom stereocenters. The van der Waals surface area contributed by atoms with Crippen LogP contribution in [0.2, 0.25) is 0 Å². The van der Waals surface area contributed by atoms with E-state index in [1.807, 2.05) is 0 Å². The second-order valence-corrected chi connectivity index (χ2v) is 4.60. The molecule has 0 heteroatoms. The Morgan fingerprint density at radius 1 is 1.50 bits per heavy atom. The van der Waals surface area contributed by atoms with E-state index in [4.69, 9.17) is 0 Å². The molecule has 0 radical (unpaired) electrons. The van der Waals surface area contributed by atoms with Crippen LogP contribution in [0.15, 0.2) is 0 Å². The van der Waals surface area contributed by atoms with Gasteiger partial charge in [-0.1, -0.05) is 27.2 Å². The summed E-state index contributed by atoms with van der Waals surface area (Å²) in [6.07, 6.45) is 4.43. The molecule has 0 aliphatic heterocycles. The molecule has 0 bridgehead atoms. The van der Waals surface area contributed by atoms with E-state index in [0.717, 1.165) is 23.2 Å². The standard InChI is InChI=1S/C10H18/c1-4-10(3)6-5-8-7(2)9(8)10/h7-9H,4-6H2,1-3H3. The Hall–Kier alpha value is 0. The van der Waals surface area contributed by atoms with Crippen molar-refractivity contribution in [2.45, 2.75) is 40.0 Å². The molecule has 10 heavy (non-hydrogen) atoms. The fourth-order valence-electron chi connectivity index (χ4n) is 3.22. The highest BCUT2D eigenvalue weighted by molar-refractivity contribution is 5.08. The molecule has 2 saturated carbocycles. The monoisotopic (exact) mass is 138 g/mol. The van der Waals surface area contributed by atoms with E-state index in [-0.39, 0.29) is 0 Å². The third-order valence-electron chi connectivity index (χ3n) is 4.22. The van der Waals surface area contributed by atoms with Gasteiger partial charge in [-0.2, -0.15) is 0 Å². The molecule has 0 spiro atoms. The van der Waals surface area contributed by atoms with Crippen molar-refractivity contribution >= 4 is 0 Å². The molecule has 0 nitrogen and oxygen atoms in total. The first-order chi connectivity index (χ1) is 4.69. The van der Waals surface area contributed by atoms with Crippen molar-refractivity contribution in [3.63, 3.8) is 0 Å². The lowest BCUT2D eigenvalue weighted by Gasteiger charge is -2.24. The molecular weight excluding hydrogens is 120 g/mol. The zero-order valence-corrected chi connectivity index (χ0v) is 7.35. The Balaban J connectivity index is 2.12. The van der Waals surface area contributed by atoms with Gasteiger partial charge in [0.05, 0.1) is 0 Å². The fraction of sp³-hybridized carbons (Fsp3) is 1.00. The van der Waals surface area contributed by atoms with Crippen LogP contribution in [0.5, 0.6) is 0 Å². The van der Waals surface area contributed by atoms with Gasteiger partial charge in [0, 0.05) is 0 Å². The molecule has 2 fully saturated rings. The molecule has 0 aromatic heterocycles. The van der Waals surface area contributed by atoms with Crippen LogP contribution in [0.1, 0.15) is 40.0 Å². The van der Waals surface area contributed by atoms with Crippen LogP contribution in [0.4, 0.5) is 0 Å². The Kier molecular flexibility index (Phi) is 1.19. The van der Waals surface area contributed by atoms with E-state index in [0.29, 0.717) is 0 Å². The normalized spacial score (nSPS) is 58.5. The zero-order valence-electron chi connectivity index (χ0n) is 7.35. The summed E-state index contributed by atoms with van der Waals surface area (Å²) in [7, 11) is 0. The van der Waals surface area contributed by atoms with Crippen molar-refractivity contribution in [1.29, 1.82) is 0 Å². The van der Waals surface area contributed by atoms with Gasteiger partial charge >= 0.3 is 0 Å². The maximum absolute atomic E-state index is 2.49. The number of hydrogen-bond acceptors (Lipinski definition) is 0. The van der Waals surface area contributed by atoms with Gasteiger partial charge in [-0.3, -0.25) is 0 Å². The quantitative estimate of drug-likeness (QED) is 0.522. The van der Waals surface area contributed by atoms with Gasteiger partial charge in [0.15, 0.2) is 0 Å². The smallest absolute Gasteiger partial charge is 0.0295 e. The molecular formula is C10H18. The lowest BCUT2D eigenvalue weighted by atomic mass is 9.81. The van der Waals surface area contributed by atoms with Gasteiger partial charge in [-0.15, -0.1) is 0 Å². The highest BCUT2D eigenvalue weighted by Gasteiger charge is 2.59. The van der Waals surface area contributed by atoms with Crippen LogP contribution < -0.4 is 0 Å². The first-order valence-corrected chi connectivity index (χ1v) is 4.69. The van der Waals surface area contributed by atoms with Crippen molar-refractivity contribution in [2.75, 3.05) is 0 Å². The first-order valence-electron chi connectivity index (χ1n) is 4.69. The molecule has 2 rings (SSSR count). The minimum atomic E-state index is 0.740. The van der Waals surface area contributed by atoms with Crippen LogP contribution in [-0.4, -0.2) is 0 Å². The molecule has 0 amide bonds. The van der Waals surface area contributed by atoms with Crippen LogP contribution in [-0.2, 0) is 0 Å². The Morgan fingerprint density at radius 3 is 2.50 bits per heavy atom. The summed E-state index contributed by atoms with van der Waals surface area (Å²) < 4.78 is 0. The van der Waals surface area contributed by atoms with E-state index < -0.39 is 0 Å². The molecule has 0 heterocycles. The Labute approximate surface area is 64.0 Å². The molecule has 2 aliphatic carbocycles. The molecule has 0 saturated heterocycles. The third-order valence-corrected chi connectivity index (χ3v) is 4.22. The zero-order chi connectivity index (χ0) is 7.35. The van der Waals surface area contributed by atoms with Crippen LogP contribution in [0, 0.1) is 23.2 Å². The van der Waals surface area contributed by atoms with Gasteiger partial charge in [-0.05, 0) is 36.0 Å². The van der Waals surface area contributed by atoms with Crippen LogP contribution in [0.3, 0.4) is 0 Å². The second-order valence-electron chi connectivity index (χ2n) is 4.60. The van der Waals surface area contributed by atoms with Crippen molar-refractivity contribution in [1.82, 2.24) is 0 Å². The summed E-state index contributed by atoms with van der Waals surface area (Å²) in [5, 5.41) is 0. The average Bonchev–Trinajstić information content (AvgIpc) is 2.40. The van der Waals surface area contributed by atoms with E-state index in [2.05, 4.69) is 20.8 Å². The molecule has 0 aromatic rings. The van der Waals surface area contributed by atoms with Crippen molar-refractivity contribution in [3.05, 3.63) is 0 Å². The van der Waals surface area contributed by atoms with Gasteiger partial charge < -0.3 is 0 Å². The highest BCUT2D eigenvalue weighted by atomic mass is 14.6. The second kappa shape index (κ2) is 1.78. The lowest BCUT2D eigenvalue weighted by molar-refractivity contribution is 0.256. The van der Waals surface area contributed by atoms with Gasteiger partial charge in [0.25, 0.3) is 0 Å². The number of rotatable bonds is 1. The first kappa shape index (κ1) is 6.69. The molecule has 58 valence electrons. The molecule has 0 N–H and O–H groups in total. The minimum Gasteiger partial charge on any atom is -0.0649 e. The summed E-state index contributed by atoms with van der Waals surface area (Å²) in [6.45, 7) is 7.27. The Morgan fingerprint density at radius 2 is 2.20 bits per heavy atom. The van der Waals surface area contributed by atoms with E-state index in [1.165, 1.54) is 19.3 Å². The Bertz CT molecular complexity index is 150. The maximum Gasteiger partial charge on any atom is -0.0295 e. The molecule has 2 aliphatic rings. The maximum atomic E-state index is 2.49. The minimum absolute atomic E-state index is 0.740. The van der Waals surface area contributed by atoms with Gasteiger partial charge in [0.1, 0.15) is 0 Å². The third kappa shape index (κ3) is 0.627. The van der Waals surface area contributed by atoms with Gasteiger partial charge in [-0.25, -0.2) is 0 Å². The van der Waals surface area contributed by atoms with Crippen LogP contribution in [0.25, 0.3) is 0 Å². The summed E-state index contributed by atoms with van der Waals surface area (Å²) in [6, 6.07) is 0. The summed E-state index contributed by atoms with van der Waals surface area (Å²) in [5.41, 5.74) is 0.740. The van der Waals surface area contributed by atoms with Crippen LogP contribution >= 0.6 is 0 Å². The molecule has 0 aromatic carbocycles. The SMILES string of the molecule is CCC1(C)CCC2C(C)C21. The summed E-state index contributed by atoms with van der Waals surface area (Å²) in [4.78, 5) is 0. The summed E-state index contributed by atoms with van der Waals surface area (Å²) in [5.74, 6) is 3.31. The predicted octanol–water partition coefficient (Wildman–Crippen LogP) is 3.08. The van der Waals surface area contributed by atoms with Gasteiger partial charge in [0.2, 0.25) is 0 Å². The van der Waals surface area contributed by atoms with Crippen molar-refractivity contribution in [3.8, 4) is 0 Å². The fourth-order valence-corrected chi connectivity index (χ4v) is 3.22. The van der Waals surface area contributed by atoms with Crippen molar-refractivity contribution in [2.24, 2.45) is 23.2 Å². The van der Waals surface area contributed by atoms with Crippen molar-refractivity contribution < 1.29 is 0 Å².